The van der Waals surface area contributed by atoms with Crippen LogP contribution in [-0.2, 0) is 20.7 Å². The number of ether oxygens (including phenoxy) is 2. The fraction of sp³-hybridized carbons (Fsp3) is 0.444. The molecule has 0 amide bonds. The second-order valence-corrected chi connectivity index (χ2v) is 6.84. The number of hydrogen-bond donors (Lipinski definition) is 0. The molecule has 4 atom stereocenters. The number of fused-ring (bicyclic) bond motifs is 10. The van der Waals surface area contributed by atoms with E-state index in [1.54, 1.807) is 0 Å². The molecule has 0 saturated heterocycles. The Kier molecular flexibility index (Phi) is 1.67. The highest BCUT2D eigenvalue weighted by Gasteiger charge is 2.52. The molecule has 1 aromatic rings. The third-order valence-corrected chi connectivity index (χ3v) is 5.58. The van der Waals surface area contributed by atoms with E-state index in [0.29, 0.717) is 0 Å². The van der Waals surface area contributed by atoms with Gasteiger partial charge in [-0.1, -0.05) is 12.2 Å². The molecule has 0 unspecified atom stereocenters. The predicted molar refractivity (Wildman–Crippen MR) is 76.6 cm³/mol. The highest BCUT2D eigenvalue weighted by molar-refractivity contribution is 5.65. The van der Waals surface area contributed by atoms with Gasteiger partial charge in [-0.3, -0.25) is 0 Å². The van der Waals surface area contributed by atoms with Crippen LogP contribution in [0.2, 0.25) is 0 Å². The molecule has 2 nitrogen and oxygen atoms in total. The number of rotatable bonds is 0. The molecule has 1 aromatic carbocycles. The van der Waals surface area contributed by atoms with Crippen LogP contribution in [-0.4, -0.2) is 0 Å². The molecule has 2 heteroatoms. The molecular weight excluding hydrogens is 248 g/mol. The first kappa shape index (κ1) is 11.3. The van der Waals surface area contributed by atoms with Crippen molar-refractivity contribution in [2.24, 2.45) is 0 Å². The Hall–Kier alpha value is -1.38. The third-order valence-electron chi connectivity index (χ3n) is 5.58. The van der Waals surface area contributed by atoms with Crippen LogP contribution in [0.5, 0.6) is 0 Å². The van der Waals surface area contributed by atoms with E-state index in [0.717, 1.165) is 0 Å². The lowest BCUT2D eigenvalue weighted by molar-refractivity contribution is 0.00711. The van der Waals surface area contributed by atoms with Gasteiger partial charge in [0.15, 0.2) is 0 Å². The molecule has 0 aliphatic carbocycles. The molecule has 0 fully saturated rings. The van der Waals surface area contributed by atoms with E-state index in [2.05, 4.69) is 52.0 Å². The molecule has 5 rings (SSSR count). The lowest BCUT2D eigenvalue weighted by Crippen LogP contribution is -2.22. The summed E-state index contributed by atoms with van der Waals surface area (Å²) in [5.74, 6) is 0. The van der Waals surface area contributed by atoms with Crippen molar-refractivity contribution in [1.29, 1.82) is 0 Å². The van der Waals surface area contributed by atoms with Crippen molar-refractivity contribution < 1.29 is 9.47 Å². The minimum Gasteiger partial charge on any atom is -0.354 e. The van der Waals surface area contributed by atoms with Crippen LogP contribution in [0.3, 0.4) is 0 Å². The van der Waals surface area contributed by atoms with Gasteiger partial charge in [-0.25, -0.2) is 0 Å². The molecule has 0 spiro atoms. The molecule has 4 aliphatic heterocycles. The number of hydrogen-bond acceptors (Lipinski definition) is 2. The summed E-state index contributed by atoms with van der Waals surface area (Å²) >= 11 is 0. The van der Waals surface area contributed by atoms with E-state index in [9.17, 15) is 0 Å². The summed E-state index contributed by atoms with van der Waals surface area (Å²) in [6, 6.07) is 0. The maximum atomic E-state index is 6.22. The normalized spacial score (nSPS) is 41.6. The topological polar surface area (TPSA) is 18.5 Å². The van der Waals surface area contributed by atoms with Crippen molar-refractivity contribution in [3.8, 4) is 0 Å². The molecule has 20 heavy (non-hydrogen) atoms. The standard InChI is InChI=1S/C18H18O2/c1-9-13-11-5-8-18(4,19-11)16(13)10(2)14-12-6-7-17(3,20-12)15(9)14/h5-8,11-12H,1-4H3/t11-,12-,17+,18+/m1/s1. The first-order valence-electron chi connectivity index (χ1n) is 7.37. The monoisotopic (exact) mass is 266 g/mol. The highest BCUT2D eigenvalue weighted by atomic mass is 16.5. The molecule has 0 aromatic heterocycles. The van der Waals surface area contributed by atoms with E-state index in [1.165, 1.54) is 33.4 Å². The summed E-state index contributed by atoms with van der Waals surface area (Å²) in [6.45, 7) is 8.84. The Morgan fingerprint density at radius 3 is 1.60 bits per heavy atom. The fourth-order valence-electron chi connectivity index (χ4n) is 4.86. The van der Waals surface area contributed by atoms with E-state index in [1.807, 2.05) is 0 Å². The van der Waals surface area contributed by atoms with Gasteiger partial charge in [0.2, 0.25) is 0 Å². The van der Waals surface area contributed by atoms with E-state index < -0.39 is 0 Å². The summed E-state index contributed by atoms with van der Waals surface area (Å²) in [4.78, 5) is 0. The SMILES string of the molecule is Cc1c2c(c(C)c3c1[C@]1(C)C=C[C@H]3O1)[C@]1(C)C=C[C@H]2O1. The van der Waals surface area contributed by atoms with Gasteiger partial charge in [-0.05, 0) is 73.2 Å². The smallest absolute Gasteiger partial charge is 0.110 e. The zero-order chi connectivity index (χ0) is 13.9. The zero-order valence-electron chi connectivity index (χ0n) is 12.3. The Labute approximate surface area is 119 Å². The van der Waals surface area contributed by atoms with Gasteiger partial charge in [0.05, 0.1) is 0 Å². The first-order valence-corrected chi connectivity index (χ1v) is 7.37. The molecule has 4 bridgehead atoms. The second-order valence-electron chi connectivity index (χ2n) is 6.84. The Morgan fingerprint density at radius 1 is 0.800 bits per heavy atom. The zero-order valence-corrected chi connectivity index (χ0v) is 12.3. The average Bonchev–Trinajstić information content (AvgIpc) is 3.09. The minimum atomic E-state index is -0.240. The van der Waals surface area contributed by atoms with Crippen molar-refractivity contribution in [1.82, 2.24) is 0 Å². The quantitative estimate of drug-likeness (QED) is 0.660. The van der Waals surface area contributed by atoms with Crippen LogP contribution in [0, 0.1) is 13.8 Å². The second kappa shape index (κ2) is 2.95. The van der Waals surface area contributed by atoms with Gasteiger partial charge in [0.1, 0.15) is 23.4 Å². The number of benzene rings is 1. The third kappa shape index (κ3) is 0.971. The van der Waals surface area contributed by atoms with Crippen molar-refractivity contribution >= 4 is 0 Å². The van der Waals surface area contributed by atoms with Crippen LogP contribution in [0.15, 0.2) is 24.3 Å². The van der Waals surface area contributed by atoms with Gasteiger partial charge < -0.3 is 9.47 Å². The van der Waals surface area contributed by atoms with Crippen LogP contribution in [0.1, 0.15) is 59.4 Å². The fourth-order valence-corrected chi connectivity index (χ4v) is 4.86. The summed E-state index contributed by atoms with van der Waals surface area (Å²) in [5.41, 5.74) is 7.80. The van der Waals surface area contributed by atoms with Crippen molar-refractivity contribution in [3.63, 3.8) is 0 Å². The summed E-state index contributed by atoms with van der Waals surface area (Å²) < 4.78 is 12.4. The average molecular weight is 266 g/mol. The van der Waals surface area contributed by atoms with Crippen molar-refractivity contribution in [2.45, 2.75) is 51.1 Å². The summed E-state index contributed by atoms with van der Waals surface area (Å²) in [7, 11) is 0. The van der Waals surface area contributed by atoms with Gasteiger partial charge >= 0.3 is 0 Å². The lowest BCUT2D eigenvalue weighted by atomic mass is 9.74. The molecule has 0 N–H and O–H groups in total. The van der Waals surface area contributed by atoms with Crippen LogP contribution in [0.25, 0.3) is 0 Å². The van der Waals surface area contributed by atoms with Crippen molar-refractivity contribution in [2.75, 3.05) is 0 Å². The van der Waals surface area contributed by atoms with E-state index >= 15 is 0 Å². The maximum absolute atomic E-state index is 6.22. The first-order chi connectivity index (χ1) is 9.45. The van der Waals surface area contributed by atoms with Crippen LogP contribution < -0.4 is 0 Å². The lowest BCUT2D eigenvalue weighted by Gasteiger charge is -2.28. The Morgan fingerprint density at radius 2 is 1.20 bits per heavy atom. The highest BCUT2D eigenvalue weighted by Crippen LogP contribution is 2.60. The summed E-state index contributed by atoms with van der Waals surface area (Å²) in [6.07, 6.45) is 9.09. The van der Waals surface area contributed by atoms with Gasteiger partial charge in [0.25, 0.3) is 0 Å². The van der Waals surface area contributed by atoms with Gasteiger partial charge in [-0.15, -0.1) is 0 Å². The van der Waals surface area contributed by atoms with Crippen LogP contribution in [0.4, 0.5) is 0 Å². The molecule has 4 aliphatic rings. The van der Waals surface area contributed by atoms with E-state index in [4.69, 9.17) is 9.47 Å². The molecule has 102 valence electrons. The van der Waals surface area contributed by atoms with Gasteiger partial charge in [0, 0.05) is 0 Å². The molecule has 4 heterocycles. The Bertz CT molecular complexity index is 679. The van der Waals surface area contributed by atoms with Gasteiger partial charge in [-0.2, -0.15) is 0 Å². The van der Waals surface area contributed by atoms with Crippen molar-refractivity contribution in [3.05, 3.63) is 57.7 Å². The Balaban J connectivity index is 1.93. The molecular formula is C18H18O2. The maximum Gasteiger partial charge on any atom is 0.110 e. The summed E-state index contributed by atoms with van der Waals surface area (Å²) in [5, 5.41) is 0. The molecule has 0 radical (unpaired) electrons. The van der Waals surface area contributed by atoms with E-state index in [-0.39, 0.29) is 23.4 Å². The largest absolute Gasteiger partial charge is 0.354 e. The minimum absolute atomic E-state index is 0.130. The molecule has 0 saturated carbocycles. The van der Waals surface area contributed by atoms with Crippen LogP contribution >= 0.6 is 0 Å². The predicted octanol–water partition coefficient (Wildman–Crippen LogP) is 4.02.